The smallest absolute Gasteiger partial charge is 0.341 e. The van der Waals surface area contributed by atoms with Gasteiger partial charge in [0, 0.05) is 6.54 Å². The monoisotopic (exact) mass is 173 g/mol. The van der Waals surface area contributed by atoms with Gasteiger partial charge in [0.2, 0.25) is 0 Å². The lowest BCUT2D eigenvalue weighted by Gasteiger charge is -2.32. The minimum absolute atomic E-state index is 0.0553. The molecule has 0 amide bonds. The van der Waals surface area contributed by atoms with E-state index in [1.807, 2.05) is 0 Å². The van der Waals surface area contributed by atoms with Crippen molar-refractivity contribution in [1.82, 2.24) is 4.31 Å². The molecule has 0 aromatic heterocycles. The van der Waals surface area contributed by atoms with E-state index in [0.717, 1.165) is 0 Å². The van der Waals surface area contributed by atoms with E-state index in [9.17, 15) is 13.2 Å². The van der Waals surface area contributed by atoms with Gasteiger partial charge < -0.3 is 4.74 Å². The number of rotatable bonds is 0. The predicted molar refractivity (Wildman–Crippen MR) is 31.5 cm³/mol. The molecule has 0 aromatic carbocycles. The van der Waals surface area contributed by atoms with Crippen LogP contribution < -0.4 is 0 Å². The molecule has 0 saturated carbocycles. The Morgan fingerprint density at radius 2 is 2.20 bits per heavy atom. The summed E-state index contributed by atoms with van der Waals surface area (Å²) in [5.74, 6) is 0. The summed E-state index contributed by atoms with van der Waals surface area (Å²) in [6.07, 6.45) is -2.56. The van der Waals surface area contributed by atoms with Crippen molar-refractivity contribution in [3.8, 4) is 0 Å². The number of nitrogens with zero attached hydrogens (tertiary/aromatic N) is 1. The summed E-state index contributed by atoms with van der Waals surface area (Å²) >= 11 is 3.36. The van der Waals surface area contributed by atoms with E-state index >= 15 is 0 Å². The van der Waals surface area contributed by atoms with Gasteiger partial charge in [-0.3, -0.25) is 0 Å². The number of hydrogen-bond donors (Lipinski definition) is 1. The van der Waals surface area contributed by atoms with E-state index in [1.54, 1.807) is 0 Å². The number of thiol groups is 1. The Hall–Kier alpha value is 0.0600. The van der Waals surface area contributed by atoms with Gasteiger partial charge >= 0.3 is 6.05 Å². The van der Waals surface area contributed by atoms with Crippen LogP contribution in [0.15, 0.2) is 0 Å². The highest BCUT2D eigenvalue weighted by molar-refractivity contribution is 7.77. The van der Waals surface area contributed by atoms with Gasteiger partial charge in [0.15, 0.2) is 0 Å². The van der Waals surface area contributed by atoms with Crippen LogP contribution in [0.4, 0.5) is 13.2 Å². The second-order valence-corrected chi connectivity index (χ2v) is 2.38. The van der Waals surface area contributed by atoms with E-state index < -0.39 is 12.4 Å². The first-order valence-corrected chi connectivity index (χ1v) is 3.05. The summed E-state index contributed by atoms with van der Waals surface area (Å²) in [5, 5.41) is 0. The molecule has 0 spiro atoms. The lowest BCUT2D eigenvalue weighted by atomic mass is 10.4. The highest BCUT2D eigenvalue weighted by Crippen LogP contribution is 2.31. The molecule has 0 radical (unpaired) electrons. The largest absolute Gasteiger partial charge is 0.368 e. The fourth-order valence-electron chi connectivity index (χ4n) is 0.609. The first kappa shape index (κ1) is 8.16. The average Bonchev–Trinajstić information content (AvgIpc) is 1.84. The zero-order valence-electron chi connectivity index (χ0n) is 4.93. The van der Waals surface area contributed by atoms with Gasteiger partial charge in [0.25, 0.3) is 6.36 Å². The average molecular weight is 173 g/mol. The molecule has 0 aromatic rings. The van der Waals surface area contributed by atoms with Gasteiger partial charge in [-0.2, -0.15) is 13.1 Å². The minimum atomic E-state index is -3.60. The predicted octanol–water partition coefficient (Wildman–Crippen LogP) is 1.05. The highest BCUT2D eigenvalue weighted by Gasteiger charge is 2.48. The zero-order chi connectivity index (χ0) is 7.78. The van der Waals surface area contributed by atoms with Crippen LogP contribution in [0.1, 0.15) is 0 Å². The molecular weight excluding hydrogens is 167 g/mol. The van der Waals surface area contributed by atoms with Crippen molar-refractivity contribution < 1.29 is 17.9 Å². The van der Waals surface area contributed by atoms with Crippen LogP contribution in [0.3, 0.4) is 0 Å². The van der Waals surface area contributed by atoms with Crippen LogP contribution >= 0.6 is 12.8 Å². The fourth-order valence-corrected chi connectivity index (χ4v) is 0.782. The molecule has 1 heterocycles. The van der Waals surface area contributed by atoms with Crippen LogP contribution in [-0.4, -0.2) is 29.9 Å². The summed E-state index contributed by atoms with van der Waals surface area (Å²) in [6, 6.07) is -3.60. The minimum Gasteiger partial charge on any atom is -0.341 e. The van der Waals surface area contributed by atoms with Gasteiger partial charge in [-0.1, -0.05) is 12.8 Å². The molecular formula is C4H6F3NOS. The lowest BCUT2D eigenvalue weighted by molar-refractivity contribution is -0.271. The maximum Gasteiger partial charge on any atom is 0.368 e. The number of alkyl halides is 3. The Bertz CT molecular complexity index is 122. The Morgan fingerprint density at radius 3 is 2.60 bits per heavy atom. The third-order valence-corrected chi connectivity index (χ3v) is 1.65. The van der Waals surface area contributed by atoms with Crippen molar-refractivity contribution in [2.45, 2.75) is 12.4 Å². The quantitative estimate of drug-likeness (QED) is 0.434. The molecule has 1 unspecified atom stereocenters. The molecule has 1 fully saturated rings. The molecule has 2 nitrogen and oxygen atoms in total. The maximum atomic E-state index is 12.3. The van der Waals surface area contributed by atoms with E-state index in [-0.39, 0.29) is 13.2 Å². The van der Waals surface area contributed by atoms with Gasteiger partial charge in [0.05, 0.1) is 6.61 Å². The number of halogens is 3. The van der Waals surface area contributed by atoms with Crippen molar-refractivity contribution in [2.24, 2.45) is 0 Å². The SMILES string of the molecule is FC1OCCN(S)C1(F)F. The van der Waals surface area contributed by atoms with Gasteiger partial charge in [-0.25, -0.2) is 4.39 Å². The van der Waals surface area contributed by atoms with E-state index in [4.69, 9.17) is 0 Å². The Labute approximate surface area is 61.5 Å². The van der Waals surface area contributed by atoms with Gasteiger partial charge in [-0.05, 0) is 0 Å². The molecule has 1 aliphatic heterocycles. The highest BCUT2D eigenvalue weighted by atomic mass is 32.1. The number of hydrogen-bond acceptors (Lipinski definition) is 3. The molecule has 10 heavy (non-hydrogen) atoms. The molecule has 1 atom stereocenters. The van der Waals surface area contributed by atoms with Crippen molar-refractivity contribution in [3.63, 3.8) is 0 Å². The van der Waals surface area contributed by atoms with Crippen LogP contribution in [0.2, 0.25) is 0 Å². The van der Waals surface area contributed by atoms with Crippen LogP contribution in [0, 0.1) is 0 Å². The molecule has 60 valence electrons. The summed E-state index contributed by atoms with van der Waals surface area (Å²) in [4.78, 5) is 0. The zero-order valence-corrected chi connectivity index (χ0v) is 5.82. The van der Waals surface area contributed by atoms with Crippen molar-refractivity contribution in [3.05, 3.63) is 0 Å². The number of morpholine rings is 1. The molecule has 0 aliphatic carbocycles. The summed E-state index contributed by atoms with van der Waals surface area (Å²) in [5.41, 5.74) is 0. The Balaban J connectivity index is 2.63. The second kappa shape index (κ2) is 2.60. The summed E-state index contributed by atoms with van der Waals surface area (Å²) in [6.45, 7) is -0.128. The lowest BCUT2D eigenvalue weighted by Crippen LogP contribution is -2.50. The molecule has 6 heteroatoms. The van der Waals surface area contributed by atoms with Crippen LogP contribution in [0.25, 0.3) is 0 Å². The summed E-state index contributed by atoms with van der Waals surface area (Å²) in [7, 11) is 0. The van der Waals surface area contributed by atoms with Crippen LogP contribution in [-0.2, 0) is 4.74 Å². The van der Waals surface area contributed by atoms with Gasteiger partial charge in [-0.15, -0.1) is 0 Å². The molecule has 1 rings (SSSR count). The normalized spacial score (nSPS) is 34.2. The number of ether oxygens (including phenoxy) is 1. The van der Waals surface area contributed by atoms with Gasteiger partial charge in [0.1, 0.15) is 0 Å². The topological polar surface area (TPSA) is 12.5 Å². The Kier molecular flexibility index (Phi) is 2.12. The van der Waals surface area contributed by atoms with Crippen molar-refractivity contribution >= 4 is 12.8 Å². The Morgan fingerprint density at radius 1 is 1.60 bits per heavy atom. The fraction of sp³-hybridized carbons (Fsp3) is 1.00. The van der Waals surface area contributed by atoms with Crippen molar-refractivity contribution in [2.75, 3.05) is 13.2 Å². The maximum absolute atomic E-state index is 12.3. The first-order chi connectivity index (χ1) is 4.55. The summed E-state index contributed by atoms with van der Waals surface area (Å²) < 4.78 is 41.2. The standard InChI is InChI=1S/C4H6F3NOS/c5-3-4(6,7)8(10)1-2-9-3/h3,10H,1-2H2. The molecule has 1 saturated heterocycles. The molecule has 1 aliphatic rings. The third kappa shape index (κ3) is 1.23. The second-order valence-electron chi connectivity index (χ2n) is 1.90. The first-order valence-electron chi connectivity index (χ1n) is 2.65. The molecule has 0 bridgehead atoms. The van der Waals surface area contributed by atoms with E-state index in [2.05, 4.69) is 17.6 Å². The van der Waals surface area contributed by atoms with E-state index in [1.165, 1.54) is 0 Å². The third-order valence-electron chi connectivity index (χ3n) is 1.18. The molecule has 0 N–H and O–H groups in total. The van der Waals surface area contributed by atoms with Crippen molar-refractivity contribution in [1.29, 1.82) is 0 Å². The van der Waals surface area contributed by atoms with E-state index in [0.29, 0.717) is 4.31 Å². The van der Waals surface area contributed by atoms with Crippen LogP contribution in [0.5, 0.6) is 0 Å².